The first-order valence-corrected chi connectivity index (χ1v) is 29.1. The van der Waals surface area contributed by atoms with Crippen LogP contribution in [0.15, 0.2) is 0 Å². The lowest BCUT2D eigenvalue weighted by Crippen LogP contribution is -2.30. The fourth-order valence-corrected chi connectivity index (χ4v) is 8.97. The fraction of sp³-hybridized carbons (Fsp3) is 0.949. The molecule has 0 aromatic rings. The molecule has 0 fully saturated rings. The Labute approximate surface area is 406 Å². The van der Waals surface area contributed by atoms with Crippen LogP contribution in [0.3, 0.4) is 0 Å². The Hall–Kier alpha value is -1.59. The Kier molecular flexibility index (Phi) is 49.1. The highest BCUT2D eigenvalue weighted by atomic mass is 16.6. The van der Waals surface area contributed by atoms with E-state index in [-0.39, 0.29) is 31.1 Å². The molecule has 6 nitrogen and oxygen atoms in total. The zero-order chi connectivity index (χ0) is 47.7. The van der Waals surface area contributed by atoms with Crippen molar-refractivity contribution < 1.29 is 28.6 Å². The number of carbonyl (C=O) groups excluding carboxylic acids is 3. The number of carbonyl (C=O) groups is 3. The first kappa shape index (κ1) is 63.4. The molecule has 386 valence electrons. The third-order valence-electron chi connectivity index (χ3n) is 13.8. The molecule has 6 heteroatoms. The molecule has 0 amide bonds. The quantitative estimate of drug-likeness (QED) is 0.0344. The summed E-state index contributed by atoms with van der Waals surface area (Å²) in [5.41, 5.74) is 0. The van der Waals surface area contributed by atoms with Crippen LogP contribution in [0.4, 0.5) is 0 Å². The van der Waals surface area contributed by atoms with Crippen molar-refractivity contribution in [3.05, 3.63) is 0 Å². The topological polar surface area (TPSA) is 78.9 Å². The van der Waals surface area contributed by atoms with Crippen molar-refractivity contribution in [3.8, 4) is 0 Å². The third kappa shape index (κ3) is 51.6. The lowest BCUT2D eigenvalue weighted by atomic mass is 9.99. The molecule has 0 aliphatic heterocycles. The van der Waals surface area contributed by atoms with Gasteiger partial charge in [0.2, 0.25) is 0 Å². The van der Waals surface area contributed by atoms with Crippen LogP contribution < -0.4 is 0 Å². The van der Waals surface area contributed by atoms with Gasteiger partial charge in [0.05, 0.1) is 0 Å². The van der Waals surface area contributed by atoms with Gasteiger partial charge < -0.3 is 14.2 Å². The summed E-state index contributed by atoms with van der Waals surface area (Å²) in [6.45, 7) is 13.8. The summed E-state index contributed by atoms with van der Waals surface area (Å²) in [7, 11) is 0. The molecule has 0 aliphatic carbocycles. The smallest absolute Gasteiger partial charge is 0.306 e. The Morgan fingerprint density at radius 1 is 0.308 bits per heavy atom. The zero-order valence-corrected chi connectivity index (χ0v) is 44.8. The van der Waals surface area contributed by atoms with Gasteiger partial charge in [-0.15, -0.1) is 0 Å². The van der Waals surface area contributed by atoms with E-state index in [2.05, 4.69) is 41.5 Å². The zero-order valence-electron chi connectivity index (χ0n) is 44.8. The SMILES string of the molecule is CCC(C)CCCCCCCCCCCCC(=O)O[C@@H](COC(=O)CCCCCCCCCCCCCCCCCCCCC(C)C)COC(=O)CCCCCCCCCCCC(C)C. The molecule has 0 saturated heterocycles. The van der Waals surface area contributed by atoms with Crippen molar-refractivity contribution in [3.63, 3.8) is 0 Å². The van der Waals surface area contributed by atoms with Gasteiger partial charge in [0.25, 0.3) is 0 Å². The Morgan fingerprint density at radius 3 is 0.800 bits per heavy atom. The van der Waals surface area contributed by atoms with Gasteiger partial charge in [0, 0.05) is 19.3 Å². The maximum Gasteiger partial charge on any atom is 0.306 e. The summed E-state index contributed by atoms with van der Waals surface area (Å²) < 4.78 is 16.9. The van der Waals surface area contributed by atoms with Crippen LogP contribution in [0.1, 0.15) is 324 Å². The van der Waals surface area contributed by atoms with Crippen molar-refractivity contribution in [1.29, 1.82) is 0 Å². The summed E-state index contributed by atoms with van der Waals surface area (Å²) in [6.07, 6.45) is 52.4. The Bertz CT molecular complexity index is 1010. The molecule has 0 rings (SSSR count). The van der Waals surface area contributed by atoms with E-state index in [1.54, 1.807) is 0 Å². The van der Waals surface area contributed by atoms with Gasteiger partial charge in [-0.2, -0.15) is 0 Å². The molecule has 0 spiro atoms. The second-order valence-electron chi connectivity index (χ2n) is 21.5. The predicted molar refractivity (Wildman–Crippen MR) is 279 cm³/mol. The monoisotopic (exact) mass is 919 g/mol. The molecular formula is C59H114O6. The van der Waals surface area contributed by atoms with E-state index >= 15 is 0 Å². The van der Waals surface area contributed by atoms with E-state index in [1.807, 2.05) is 0 Å². The third-order valence-corrected chi connectivity index (χ3v) is 13.8. The Morgan fingerprint density at radius 2 is 0.538 bits per heavy atom. The standard InChI is InChI=1S/C59H114O6/c1-7-55(6)47-41-35-29-23-18-19-25-32-38-44-50-59(62)65-56(52-64-58(61)49-43-37-31-26-20-22-28-34-40-46-54(4)5)51-63-57(60)48-42-36-30-24-17-15-13-11-9-8-10-12-14-16-21-27-33-39-45-53(2)3/h53-56H,7-52H2,1-6H3/t55?,56-/m0/s1. The minimum atomic E-state index is -0.764. The molecule has 0 saturated carbocycles. The Balaban J connectivity index is 4.24. The van der Waals surface area contributed by atoms with Crippen LogP contribution in [0.5, 0.6) is 0 Å². The van der Waals surface area contributed by atoms with Crippen LogP contribution in [-0.4, -0.2) is 37.2 Å². The van der Waals surface area contributed by atoms with Gasteiger partial charge in [0.15, 0.2) is 6.10 Å². The van der Waals surface area contributed by atoms with E-state index in [0.29, 0.717) is 19.3 Å². The summed E-state index contributed by atoms with van der Waals surface area (Å²) in [4.78, 5) is 38.1. The summed E-state index contributed by atoms with van der Waals surface area (Å²) >= 11 is 0. The summed E-state index contributed by atoms with van der Waals surface area (Å²) in [5.74, 6) is 1.69. The van der Waals surface area contributed by atoms with Gasteiger partial charge in [0.1, 0.15) is 13.2 Å². The van der Waals surface area contributed by atoms with Gasteiger partial charge in [-0.05, 0) is 37.0 Å². The molecule has 65 heavy (non-hydrogen) atoms. The lowest BCUT2D eigenvalue weighted by Gasteiger charge is -2.18. The highest BCUT2D eigenvalue weighted by Gasteiger charge is 2.19. The van der Waals surface area contributed by atoms with Crippen molar-refractivity contribution in [1.82, 2.24) is 0 Å². The van der Waals surface area contributed by atoms with E-state index in [1.165, 1.54) is 205 Å². The predicted octanol–water partition coefficient (Wildman–Crippen LogP) is 19.1. The molecule has 0 aliphatic rings. The fourth-order valence-electron chi connectivity index (χ4n) is 8.97. The number of unbranched alkanes of at least 4 members (excludes halogenated alkanes) is 34. The van der Waals surface area contributed by atoms with E-state index in [9.17, 15) is 14.4 Å². The maximum atomic E-state index is 12.8. The number of ether oxygens (including phenoxy) is 3. The normalized spacial score (nSPS) is 12.6. The van der Waals surface area contributed by atoms with E-state index in [0.717, 1.165) is 75.5 Å². The van der Waals surface area contributed by atoms with Crippen LogP contribution in [0.25, 0.3) is 0 Å². The van der Waals surface area contributed by atoms with Crippen molar-refractivity contribution in [2.75, 3.05) is 13.2 Å². The van der Waals surface area contributed by atoms with Crippen molar-refractivity contribution in [2.45, 2.75) is 330 Å². The summed E-state index contributed by atoms with van der Waals surface area (Å²) in [6, 6.07) is 0. The van der Waals surface area contributed by atoms with Gasteiger partial charge in [-0.3, -0.25) is 14.4 Å². The number of hydrogen-bond donors (Lipinski definition) is 0. The van der Waals surface area contributed by atoms with Gasteiger partial charge >= 0.3 is 17.9 Å². The van der Waals surface area contributed by atoms with Crippen LogP contribution in [-0.2, 0) is 28.6 Å². The van der Waals surface area contributed by atoms with Gasteiger partial charge in [-0.25, -0.2) is 0 Å². The molecule has 0 heterocycles. The van der Waals surface area contributed by atoms with Crippen molar-refractivity contribution >= 4 is 17.9 Å². The van der Waals surface area contributed by atoms with E-state index in [4.69, 9.17) is 14.2 Å². The molecule has 0 aromatic carbocycles. The highest BCUT2D eigenvalue weighted by Crippen LogP contribution is 2.19. The number of rotatable bonds is 52. The number of esters is 3. The van der Waals surface area contributed by atoms with Crippen LogP contribution >= 0.6 is 0 Å². The summed E-state index contributed by atoms with van der Waals surface area (Å²) in [5, 5.41) is 0. The molecule has 1 unspecified atom stereocenters. The van der Waals surface area contributed by atoms with Crippen LogP contribution in [0, 0.1) is 17.8 Å². The second kappa shape index (κ2) is 50.3. The largest absolute Gasteiger partial charge is 0.462 e. The average Bonchev–Trinajstić information content (AvgIpc) is 3.28. The molecule has 2 atom stereocenters. The second-order valence-corrected chi connectivity index (χ2v) is 21.5. The van der Waals surface area contributed by atoms with Crippen LogP contribution in [0.2, 0.25) is 0 Å². The van der Waals surface area contributed by atoms with Gasteiger partial charge in [-0.1, -0.05) is 286 Å². The molecule has 0 aromatic heterocycles. The minimum Gasteiger partial charge on any atom is -0.462 e. The molecule has 0 radical (unpaired) electrons. The number of hydrogen-bond acceptors (Lipinski definition) is 6. The first-order valence-electron chi connectivity index (χ1n) is 29.1. The lowest BCUT2D eigenvalue weighted by molar-refractivity contribution is -0.167. The molecule has 0 bridgehead atoms. The first-order chi connectivity index (χ1) is 31.6. The molecule has 0 N–H and O–H groups in total. The van der Waals surface area contributed by atoms with Crippen molar-refractivity contribution in [2.24, 2.45) is 17.8 Å². The highest BCUT2D eigenvalue weighted by molar-refractivity contribution is 5.71. The average molecular weight is 920 g/mol. The molecular weight excluding hydrogens is 805 g/mol. The maximum absolute atomic E-state index is 12.8. The minimum absolute atomic E-state index is 0.0639. The van der Waals surface area contributed by atoms with E-state index < -0.39 is 6.10 Å².